The fourth-order valence-electron chi connectivity index (χ4n) is 9.98. The molecule has 1 aliphatic carbocycles. The van der Waals surface area contributed by atoms with Crippen LogP contribution in [0.3, 0.4) is 0 Å². The molecule has 0 saturated carbocycles. The zero-order valence-electron chi connectivity index (χ0n) is 33.0. The van der Waals surface area contributed by atoms with Crippen LogP contribution in [-0.4, -0.2) is 9.13 Å². The van der Waals surface area contributed by atoms with Gasteiger partial charge >= 0.3 is 0 Å². The minimum atomic E-state index is -0.0605. The lowest BCUT2D eigenvalue weighted by Gasteiger charge is -2.22. The maximum atomic E-state index is 2.45. The van der Waals surface area contributed by atoms with Crippen molar-refractivity contribution in [2.24, 2.45) is 0 Å². The van der Waals surface area contributed by atoms with E-state index in [0.29, 0.717) is 0 Å². The molecule has 2 heterocycles. The van der Waals surface area contributed by atoms with E-state index in [1.807, 2.05) is 0 Å². The SMILES string of the molecule is CC1(C)c2ccccc2-c2ccc(-n3c4ccccc4c4cc(-c5ccc6c(c5)c5ccccc5n6-c5ccc(-c6ccc(-c7ccccc7)cc6)cc5)ccc43)cc21. The average Bonchev–Trinajstić information content (AvgIpc) is 3.89. The van der Waals surface area contributed by atoms with Crippen molar-refractivity contribution in [3.8, 4) is 55.9 Å². The van der Waals surface area contributed by atoms with Gasteiger partial charge in [0.05, 0.1) is 22.1 Å². The van der Waals surface area contributed by atoms with Crippen molar-refractivity contribution in [1.29, 1.82) is 0 Å². The second-order valence-electron chi connectivity index (χ2n) is 16.6. The Morgan fingerprint density at radius 3 is 1.32 bits per heavy atom. The molecule has 0 radical (unpaired) electrons. The van der Waals surface area contributed by atoms with Crippen LogP contribution in [0.4, 0.5) is 0 Å². The maximum Gasteiger partial charge on any atom is 0.0541 e. The second-order valence-corrected chi connectivity index (χ2v) is 16.6. The molecular formula is C57H40N2. The van der Waals surface area contributed by atoms with Crippen molar-refractivity contribution < 1.29 is 0 Å². The predicted molar refractivity (Wildman–Crippen MR) is 249 cm³/mol. The minimum absolute atomic E-state index is 0.0605. The lowest BCUT2D eigenvalue weighted by Crippen LogP contribution is -2.15. The number of fused-ring (bicyclic) bond motifs is 9. The smallest absolute Gasteiger partial charge is 0.0541 e. The van der Waals surface area contributed by atoms with E-state index in [-0.39, 0.29) is 5.41 Å². The van der Waals surface area contributed by atoms with Crippen molar-refractivity contribution in [3.63, 3.8) is 0 Å². The molecule has 9 aromatic carbocycles. The van der Waals surface area contributed by atoms with Crippen LogP contribution in [0.5, 0.6) is 0 Å². The van der Waals surface area contributed by atoms with Gasteiger partial charge in [0.2, 0.25) is 0 Å². The first-order valence-corrected chi connectivity index (χ1v) is 20.6. The number of benzene rings is 9. The quantitative estimate of drug-likeness (QED) is 0.166. The van der Waals surface area contributed by atoms with Crippen LogP contribution in [-0.2, 0) is 5.41 Å². The number of hydrogen-bond donors (Lipinski definition) is 0. The predicted octanol–water partition coefficient (Wildman–Crippen LogP) is 15.2. The van der Waals surface area contributed by atoms with E-state index in [4.69, 9.17) is 0 Å². The zero-order chi connectivity index (χ0) is 39.2. The van der Waals surface area contributed by atoms with Crippen molar-refractivity contribution in [3.05, 3.63) is 217 Å². The third kappa shape index (κ3) is 5.13. The lowest BCUT2D eigenvalue weighted by molar-refractivity contribution is 0.660. The van der Waals surface area contributed by atoms with E-state index in [9.17, 15) is 0 Å². The molecule has 0 spiro atoms. The zero-order valence-corrected chi connectivity index (χ0v) is 33.0. The monoisotopic (exact) mass is 752 g/mol. The molecule has 0 bridgehead atoms. The summed E-state index contributed by atoms with van der Waals surface area (Å²) in [6, 6.07) is 76.0. The Bertz CT molecular complexity index is 3430. The molecule has 12 rings (SSSR count). The fourth-order valence-corrected chi connectivity index (χ4v) is 9.98. The number of nitrogens with zero attached hydrogens (tertiary/aromatic N) is 2. The molecule has 59 heavy (non-hydrogen) atoms. The summed E-state index contributed by atoms with van der Waals surface area (Å²) in [6.45, 7) is 4.72. The van der Waals surface area contributed by atoms with Gasteiger partial charge in [0.15, 0.2) is 0 Å². The Kier molecular flexibility index (Phi) is 7.31. The molecule has 0 saturated heterocycles. The van der Waals surface area contributed by atoms with Gasteiger partial charge in [0.25, 0.3) is 0 Å². The molecule has 2 aromatic heterocycles. The van der Waals surface area contributed by atoms with Crippen LogP contribution >= 0.6 is 0 Å². The number of rotatable bonds is 5. The summed E-state index contributed by atoms with van der Waals surface area (Å²) < 4.78 is 4.86. The van der Waals surface area contributed by atoms with E-state index in [1.54, 1.807) is 0 Å². The normalized spacial score (nSPS) is 13.1. The molecule has 0 amide bonds. The standard InChI is InChI=1S/C57H40N2/c1-57(2)51-17-9-6-14-45(51)46-31-30-44(36-52(46)57)59-54-19-11-8-16-48(54)50-35-42(27-33-56(50)59)41-26-32-55-49(34-41)47-15-7-10-18-53(47)58(55)43-28-24-40(25-29-43)39-22-20-38(21-23-39)37-12-4-3-5-13-37/h3-36H,1-2H3. The van der Waals surface area contributed by atoms with Gasteiger partial charge in [-0.3, -0.25) is 0 Å². The van der Waals surface area contributed by atoms with E-state index in [0.717, 1.165) is 5.69 Å². The lowest BCUT2D eigenvalue weighted by atomic mass is 9.82. The van der Waals surface area contributed by atoms with Crippen LogP contribution in [0.1, 0.15) is 25.0 Å². The number of hydrogen-bond acceptors (Lipinski definition) is 0. The number of aromatic nitrogens is 2. The Morgan fingerprint density at radius 1 is 0.288 bits per heavy atom. The molecule has 2 heteroatoms. The van der Waals surface area contributed by atoms with Gasteiger partial charge in [0.1, 0.15) is 0 Å². The highest BCUT2D eigenvalue weighted by Gasteiger charge is 2.35. The van der Waals surface area contributed by atoms with Crippen LogP contribution in [0.25, 0.3) is 99.5 Å². The molecule has 0 fully saturated rings. The first-order chi connectivity index (χ1) is 29.0. The topological polar surface area (TPSA) is 9.86 Å². The molecule has 0 aliphatic heterocycles. The van der Waals surface area contributed by atoms with Crippen LogP contribution in [0, 0.1) is 0 Å². The molecule has 0 N–H and O–H groups in total. The van der Waals surface area contributed by atoms with E-state index in [1.165, 1.54) is 105 Å². The van der Waals surface area contributed by atoms with Crippen LogP contribution < -0.4 is 0 Å². The second kappa shape index (κ2) is 12.8. The van der Waals surface area contributed by atoms with E-state index >= 15 is 0 Å². The largest absolute Gasteiger partial charge is 0.309 e. The Morgan fingerprint density at radius 2 is 0.712 bits per heavy atom. The molecule has 0 unspecified atom stereocenters. The summed E-state index contributed by atoms with van der Waals surface area (Å²) in [5.74, 6) is 0. The van der Waals surface area contributed by atoms with Gasteiger partial charge < -0.3 is 9.13 Å². The summed E-state index contributed by atoms with van der Waals surface area (Å²) in [6.07, 6.45) is 0. The van der Waals surface area contributed by atoms with Gasteiger partial charge in [-0.05, 0) is 116 Å². The molecule has 1 aliphatic rings. The average molecular weight is 753 g/mol. The van der Waals surface area contributed by atoms with Crippen molar-refractivity contribution in [1.82, 2.24) is 9.13 Å². The van der Waals surface area contributed by atoms with E-state index < -0.39 is 0 Å². The van der Waals surface area contributed by atoms with Crippen molar-refractivity contribution in [2.75, 3.05) is 0 Å². The van der Waals surface area contributed by atoms with Gasteiger partial charge in [-0.2, -0.15) is 0 Å². The Labute approximate surface area is 343 Å². The number of para-hydroxylation sites is 2. The Balaban J connectivity index is 0.931. The van der Waals surface area contributed by atoms with Crippen molar-refractivity contribution in [2.45, 2.75) is 19.3 Å². The highest BCUT2D eigenvalue weighted by molar-refractivity contribution is 6.12. The summed E-state index contributed by atoms with van der Waals surface area (Å²) >= 11 is 0. The summed E-state index contributed by atoms with van der Waals surface area (Å²) in [5.41, 5.74) is 19.9. The van der Waals surface area contributed by atoms with Gasteiger partial charge in [-0.25, -0.2) is 0 Å². The summed E-state index contributed by atoms with van der Waals surface area (Å²) in [7, 11) is 0. The van der Waals surface area contributed by atoms with Gasteiger partial charge in [-0.1, -0.05) is 159 Å². The third-order valence-corrected chi connectivity index (χ3v) is 13.0. The molecule has 2 nitrogen and oxygen atoms in total. The fraction of sp³-hybridized carbons (Fsp3) is 0.0526. The van der Waals surface area contributed by atoms with Crippen LogP contribution in [0.2, 0.25) is 0 Å². The molecular weight excluding hydrogens is 713 g/mol. The molecule has 0 atom stereocenters. The highest BCUT2D eigenvalue weighted by atomic mass is 15.0. The summed E-state index contributed by atoms with van der Waals surface area (Å²) in [4.78, 5) is 0. The minimum Gasteiger partial charge on any atom is -0.309 e. The molecule has 278 valence electrons. The maximum absolute atomic E-state index is 2.45. The first kappa shape index (κ1) is 33.7. The first-order valence-electron chi connectivity index (χ1n) is 20.6. The van der Waals surface area contributed by atoms with Gasteiger partial charge in [-0.15, -0.1) is 0 Å². The third-order valence-electron chi connectivity index (χ3n) is 13.0. The highest BCUT2D eigenvalue weighted by Crippen LogP contribution is 2.49. The molecule has 11 aromatic rings. The van der Waals surface area contributed by atoms with Gasteiger partial charge in [0, 0.05) is 38.3 Å². The van der Waals surface area contributed by atoms with Crippen molar-refractivity contribution >= 4 is 43.6 Å². The van der Waals surface area contributed by atoms with Crippen LogP contribution in [0.15, 0.2) is 206 Å². The van der Waals surface area contributed by atoms with E-state index in [2.05, 4.69) is 229 Å². The summed E-state index contributed by atoms with van der Waals surface area (Å²) in [5, 5.41) is 5.03. The Hall–Kier alpha value is -7.42.